The maximum atomic E-state index is 13.1. The quantitative estimate of drug-likeness (QED) is 0.404. The van der Waals surface area contributed by atoms with Gasteiger partial charge in [0.05, 0.1) is 10.6 Å². The van der Waals surface area contributed by atoms with Crippen LogP contribution in [0.25, 0.3) is 0 Å². The van der Waals surface area contributed by atoms with Gasteiger partial charge in [-0.05, 0) is 54.3 Å². The Morgan fingerprint density at radius 3 is 2.30 bits per heavy atom. The lowest BCUT2D eigenvalue weighted by molar-refractivity contribution is -0.130. The third-order valence-electron chi connectivity index (χ3n) is 6.38. The van der Waals surface area contributed by atoms with E-state index in [-0.39, 0.29) is 17.9 Å². The molecule has 3 aromatic rings. The number of likely N-dealkylation sites (N-methyl/N-ethyl adjacent to an activating group) is 1. The zero-order valence-electron chi connectivity index (χ0n) is 18.9. The number of nitrogens with zero attached hydrogens (tertiary/aromatic N) is 2. The number of piperidine rings is 1. The number of hydrogen-bond acceptors (Lipinski definition) is 4. The molecule has 0 saturated carbocycles. The molecule has 1 fully saturated rings. The van der Waals surface area contributed by atoms with Crippen LogP contribution in [0.2, 0.25) is 0 Å². The van der Waals surface area contributed by atoms with E-state index in [2.05, 4.69) is 24.3 Å². The summed E-state index contributed by atoms with van der Waals surface area (Å²) in [6, 6.07) is 24.4. The summed E-state index contributed by atoms with van der Waals surface area (Å²) >= 11 is 3.09. The minimum atomic E-state index is 0.0868. The van der Waals surface area contributed by atoms with Crippen LogP contribution in [0.15, 0.2) is 83.1 Å². The van der Waals surface area contributed by atoms with Crippen LogP contribution in [-0.2, 0) is 11.2 Å². The minimum absolute atomic E-state index is 0.0868. The first kappa shape index (κ1) is 23.6. The Kier molecular flexibility index (Phi) is 8.24. The fourth-order valence-corrected chi connectivity index (χ4v) is 6.01. The van der Waals surface area contributed by atoms with E-state index in [1.54, 1.807) is 11.8 Å². The second-order valence-electron chi connectivity index (χ2n) is 8.47. The summed E-state index contributed by atoms with van der Waals surface area (Å²) in [7, 11) is 1.93. The van der Waals surface area contributed by atoms with E-state index in [0.29, 0.717) is 11.7 Å². The molecule has 2 amide bonds. The lowest BCUT2D eigenvalue weighted by atomic mass is 9.85. The number of amides is 2. The molecule has 4 rings (SSSR count). The van der Waals surface area contributed by atoms with Crippen LogP contribution in [-0.4, -0.2) is 53.5 Å². The molecule has 1 unspecified atom stereocenters. The van der Waals surface area contributed by atoms with Gasteiger partial charge < -0.3 is 9.80 Å². The first-order chi connectivity index (χ1) is 16.1. The topological polar surface area (TPSA) is 40.6 Å². The number of thioether (sulfide) groups is 1. The zero-order valence-corrected chi connectivity index (χ0v) is 20.6. The molecule has 1 saturated heterocycles. The maximum Gasteiger partial charge on any atom is 0.263 e. The molecule has 1 aromatic heterocycles. The summed E-state index contributed by atoms with van der Waals surface area (Å²) in [4.78, 5) is 31.8. The molecule has 2 aromatic carbocycles. The monoisotopic (exact) mass is 478 g/mol. The van der Waals surface area contributed by atoms with Gasteiger partial charge in [-0.25, -0.2) is 0 Å². The van der Waals surface area contributed by atoms with E-state index in [1.165, 1.54) is 16.9 Å². The first-order valence-electron chi connectivity index (χ1n) is 11.4. The van der Waals surface area contributed by atoms with Crippen LogP contribution in [0.5, 0.6) is 0 Å². The number of rotatable bonds is 8. The normalized spacial score (nSPS) is 15.2. The standard InChI is InChI=1S/C27H30N2O2S2/c1-28(27(31)25-13-8-18-32-25)24(19-21-9-4-2-5-10-21)22-14-16-29(17-15-22)26(30)20-33-23-11-6-3-7-12-23/h2-13,18,22,24H,14-17,19-20H2,1H3. The van der Waals surface area contributed by atoms with Crippen LogP contribution in [0.3, 0.4) is 0 Å². The van der Waals surface area contributed by atoms with Gasteiger partial charge in [0.15, 0.2) is 0 Å². The van der Waals surface area contributed by atoms with Crippen molar-refractivity contribution in [3.05, 3.63) is 88.6 Å². The van der Waals surface area contributed by atoms with Crippen molar-refractivity contribution < 1.29 is 9.59 Å². The van der Waals surface area contributed by atoms with Gasteiger partial charge in [0.25, 0.3) is 5.91 Å². The summed E-state index contributed by atoms with van der Waals surface area (Å²) in [6.07, 6.45) is 2.67. The van der Waals surface area contributed by atoms with Gasteiger partial charge >= 0.3 is 0 Å². The Hall–Kier alpha value is -2.57. The molecule has 0 radical (unpaired) electrons. The average Bonchev–Trinajstić information content (AvgIpc) is 3.41. The smallest absolute Gasteiger partial charge is 0.263 e. The van der Waals surface area contributed by atoms with Crippen LogP contribution >= 0.6 is 23.1 Å². The molecule has 172 valence electrons. The Morgan fingerprint density at radius 1 is 1.00 bits per heavy atom. The van der Waals surface area contributed by atoms with E-state index >= 15 is 0 Å². The lowest BCUT2D eigenvalue weighted by Crippen LogP contribution is -2.48. The highest BCUT2D eigenvalue weighted by atomic mass is 32.2. The molecule has 2 heterocycles. The Morgan fingerprint density at radius 2 is 1.67 bits per heavy atom. The van der Waals surface area contributed by atoms with Crippen molar-refractivity contribution in [2.24, 2.45) is 5.92 Å². The molecular weight excluding hydrogens is 448 g/mol. The second kappa shape index (κ2) is 11.5. The van der Waals surface area contributed by atoms with E-state index < -0.39 is 0 Å². The van der Waals surface area contributed by atoms with Gasteiger partial charge in [-0.1, -0.05) is 54.6 Å². The number of benzene rings is 2. The molecule has 4 nitrogen and oxygen atoms in total. The molecule has 0 aliphatic carbocycles. The van der Waals surface area contributed by atoms with Crippen LogP contribution in [0, 0.1) is 5.92 Å². The lowest BCUT2D eigenvalue weighted by Gasteiger charge is -2.40. The average molecular weight is 479 g/mol. The summed E-state index contributed by atoms with van der Waals surface area (Å²) < 4.78 is 0. The fourth-order valence-electron chi connectivity index (χ4n) is 4.49. The highest BCUT2D eigenvalue weighted by molar-refractivity contribution is 8.00. The highest BCUT2D eigenvalue weighted by Gasteiger charge is 2.33. The third kappa shape index (κ3) is 6.27. The van der Waals surface area contributed by atoms with Crippen LogP contribution in [0.1, 0.15) is 28.1 Å². The largest absolute Gasteiger partial charge is 0.342 e. The molecule has 0 bridgehead atoms. The molecule has 1 aliphatic rings. The second-order valence-corrected chi connectivity index (χ2v) is 10.5. The Labute approximate surface area is 204 Å². The highest BCUT2D eigenvalue weighted by Crippen LogP contribution is 2.28. The molecule has 1 aliphatic heterocycles. The van der Waals surface area contributed by atoms with E-state index in [9.17, 15) is 9.59 Å². The molecular formula is C27H30N2O2S2. The molecule has 33 heavy (non-hydrogen) atoms. The van der Waals surface area contributed by atoms with E-state index in [0.717, 1.165) is 42.1 Å². The van der Waals surface area contributed by atoms with Crippen molar-refractivity contribution in [1.82, 2.24) is 9.80 Å². The summed E-state index contributed by atoms with van der Waals surface area (Å²) in [5, 5.41) is 1.95. The van der Waals surface area contributed by atoms with Gasteiger partial charge in [0.1, 0.15) is 0 Å². The minimum Gasteiger partial charge on any atom is -0.342 e. The number of carbonyl (C=O) groups excluding carboxylic acids is 2. The van der Waals surface area contributed by atoms with Crippen LogP contribution < -0.4 is 0 Å². The SMILES string of the molecule is CN(C(=O)c1cccs1)C(Cc1ccccc1)C1CCN(C(=O)CSc2ccccc2)CC1. The molecule has 0 N–H and O–H groups in total. The van der Waals surface area contributed by atoms with Crippen LogP contribution in [0.4, 0.5) is 0 Å². The van der Waals surface area contributed by atoms with Crippen molar-refractivity contribution in [3.63, 3.8) is 0 Å². The van der Waals surface area contributed by atoms with Crippen molar-refractivity contribution in [3.8, 4) is 0 Å². The summed E-state index contributed by atoms with van der Waals surface area (Å²) in [5.41, 5.74) is 1.24. The molecule has 1 atom stereocenters. The van der Waals surface area contributed by atoms with Gasteiger partial charge in [0, 0.05) is 31.1 Å². The first-order valence-corrected chi connectivity index (χ1v) is 13.3. The maximum absolute atomic E-state index is 13.1. The fraction of sp³-hybridized carbons (Fsp3) is 0.333. The van der Waals surface area contributed by atoms with Gasteiger partial charge in [0.2, 0.25) is 5.91 Å². The van der Waals surface area contributed by atoms with Crippen molar-refractivity contribution in [2.45, 2.75) is 30.2 Å². The summed E-state index contributed by atoms with van der Waals surface area (Å²) in [5.74, 6) is 1.12. The van der Waals surface area contributed by atoms with Gasteiger partial charge in [-0.15, -0.1) is 23.1 Å². The van der Waals surface area contributed by atoms with E-state index in [4.69, 9.17) is 0 Å². The third-order valence-corrected chi connectivity index (χ3v) is 8.23. The number of carbonyl (C=O) groups is 2. The molecule has 6 heteroatoms. The Bertz CT molecular complexity index is 1020. The summed E-state index contributed by atoms with van der Waals surface area (Å²) in [6.45, 7) is 1.51. The van der Waals surface area contributed by atoms with Gasteiger partial charge in [-0.3, -0.25) is 9.59 Å². The molecule has 0 spiro atoms. The van der Waals surface area contributed by atoms with E-state index in [1.807, 2.05) is 70.8 Å². The number of thiophene rings is 1. The zero-order chi connectivity index (χ0) is 23.0. The van der Waals surface area contributed by atoms with Crippen molar-refractivity contribution in [1.29, 1.82) is 0 Å². The Balaban J connectivity index is 1.39. The predicted octanol–water partition coefficient (Wildman–Crippen LogP) is 5.46. The predicted molar refractivity (Wildman–Crippen MR) is 137 cm³/mol. The number of hydrogen-bond donors (Lipinski definition) is 0. The van der Waals surface area contributed by atoms with Gasteiger partial charge in [-0.2, -0.15) is 0 Å². The number of likely N-dealkylation sites (tertiary alicyclic amines) is 1. The van der Waals surface area contributed by atoms with Crippen molar-refractivity contribution >= 4 is 34.9 Å². The van der Waals surface area contributed by atoms with Crippen molar-refractivity contribution in [2.75, 3.05) is 25.9 Å².